The van der Waals surface area contributed by atoms with Crippen LogP contribution in [0.15, 0.2) is 21.5 Å². The zero-order valence-corrected chi connectivity index (χ0v) is 12.9. The molecule has 4 nitrogen and oxygen atoms in total. The van der Waals surface area contributed by atoms with Crippen LogP contribution < -0.4 is 5.73 Å². The first-order valence-corrected chi connectivity index (χ1v) is 7.67. The molecule has 0 unspecified atom stereocenters. The summed E-state index contributed by atoms with van der Waals surface area (Å²) < 4.78 is 50.4. The average molecular weight is 357 g/mol. The van der Waals surface area contributed by atoms with E-state index in [-0.39, 0.29) is 11.4 Å². The first-order valence-electron chi connectivity index (χ1n) is 5.43. The molecule has 0 aliphatic rings. The molecule has 1 aromatic carbocycles. The second-order valence-electron chi connectivity index (χ2n) is 4.08. The molecule has 0 radical (unpaired) electrons. The lowest BCUT2D eigenvalue weighted by Gasteiger charge is -2.19. The van der Waals surface area contributed by atoms with Crippen LogP contribution >= 0.6 is 15.9 Å². The summed E-state index contributed by atoms with van der Waals surface area (Å²) in [4.78, 5) is -0.00882. The van der Waals surface area contributed by atoms with Crippen molar-refractivity contribution < 1.29 is 17.2 Å². The summed E-state index contributed by atoms with van der Waals surface area (Å²) in [7, 11) is -2.82. The van der Waals surface area contributed by atoms with Crippen molar-refractivity contribution in [2.45, 2.75) is 24.8 Å². The fourth-order valence-electron chi connectivity index (χ4n) is 1.55. The maximum atomic E-state index is 12.3. The molecule has 0 saturated heterocycles. The first kappa shape index (κ1) is 16.5. The number of hydrogen-bond acceptors (Lipinski definition) is 3. The minimum absolute atomic E-state index is 0.00882. The second-order valence-corrected chi connectivity index (χ2v) is 6.95. The van der Waals surface area contributed by atoms with E-state index in [2.05, 4.69) is 15.9 Å². The Morgan fingerprint density at radius 1 is 1.42 bits per heavy atom. The predicted octanol–water partition coefficient (Wildman–Crippen LogP) is 2.10. The molecular weight excluding hydrogens is 342 g/mol. The number of nitrogens with two attached hydrogens (primary N) is 1. The molecule has 0 fully saturated rings. The zero-order valence-electron chi connectivity index (χ0n) is 10.5. The molecule has 0 spiro atoms. The number of rotatable bonds is 5. The van der Waals surface area contributed by atoms with Crippen molar-refractivity contribution in [3.05, 3.63) is 27.7 Å². The Balaban J connectivity index is 3.32. The SMILES string of the molecule is Cc1c(Br)cc(CN)cc1S(=O)(=O)N(C)CC(F)F. The first-order chi connectivity index (χ1) is 8.70. The van der Waals surface area contributed by atoms with Gasteiger partial charge >= 0.3 is 0 Å². The number of hydrogen-bond donors (Lipinski definition) is 1. The molecule has 0 saturated carbocycles. The van der Waals surface area contributed by atoms with Crippen molar-refractivity contribution in [2.75, 3.05) is 13.6 Å². The Bertz CT molecular complexity index is 564. The maximum Gasteiger partial charge on any atom is 0.252 e. The molecule has 19 heavy (non-hydrogen) atoms. The van der Waals surface area contributed by atoms with Gasteiger partial charge < -0.3 is 5.73 Å². The summed E-state index contributed by atoms with van der Waals surface area (Å²) in [5.74, 6) is 0. The van der Waals surface area contributed by atoms with E-state index >= 15 is 0 Å². The quantitative estimate of drug-likeness (QED) is 0.878. The molecule has 0 heterocycles. The van der Waals surface area contributed by atoms with Crippen molar-refractivity contribution in [1.82, 2.24) is 4.31 Å². The Hall–Kier alpha value is -0.570. The molecular formula is C11H15BrF2N2O2S. The fourth-order valence-corrected chi connectivity index (χ4v) is 3.63. The Kier molecular flexibility index (Phi) is 5.43. The zero-order chi connectivity index (χ0) is 14.8. The van der Waals surface area contributed by atoms with E-state index in [4.69, 9.17) is 5.73 Å². The molecule has 8 heteroatoms. The number of sulfonamides is 1. The van der Waals surface area contributed by atoms with Crippen LogP contribution in [0.25, 0.3) is 0 Å². The minimum atomic E-state index is -3.95. The van der Waals surface area contributed by atoms with Crippen LogP contribution in [0.4, 0.5) is 8.78 Å². The average Bonchev–Trinajstić information content (AvgIpc) is 2.31. The van der Waals surface area contributed by atoms with Crippen molar-refractivity contribution in [3.8, 4) is 0 Å². The van der Waals surface area contributed by atoms with Crippen LogP contribution in [-0.2, 0) is 16.6 Å². The number of alkyl halides is 2. The summed E-state index contributed by atoms with van der Waals surface area (Å²) in [6.07, 6.45) is -2.72. The molecule has 1 rings (SSSR count). The Morgan fingerprint density at radius 2 is 2.00 bits per heavy atom. The molecule has 0 bridgehead atoms. The lowest BCUT2D eigenvalue weighted by Crippen LogP contribution is -2.32. The molecule has 0 atom stereocenters. The van der Waals surface area contributed by atoms with Gasteiger partial charge in [0.05, 0.1) is 11.4 Å². The van der Waals surface area contributed by atoms with Crippen molar-refractivity contribution >= 4 is 26.0 Å². The van der Waals surface area contributed by atoms with E-state index in [1.807, 2.05) is 0 Å². The molecule has 108 valence electrons. The third-order valence-corrected chi connectivity index (χ3v) is 5.45. The molecule has 2 N–H and O–H groups in total. The van der Waals surface area contributed by atoms with E-state index in [9.17, 15) is 17.2 Å². The normalized spacial score (nSPS) is 12.4. The highest BCUT2D eigenvalue weighted by Gasteiger charge is 2.26. The van der Waals surface area contributed by atoms with E-state index < -0.39 is 23.0 Å². The lowest BCUT2D eigenvalue weighted by atomic mass is 10.1. The molecule has 0 amide bonds. The molecule has 1 aromatic rings. The highest BCUT2D eigenvalue weighted by molar-refractivity contribution is 9.10. The highest BCUT2D eigenvalue weighted by Crippen LogP contribution is 2.27. The van der Waals surface area contributed by atoms with Gasteiger partial charge in [-0.05, 0) is 30.2 Å². The van der Waals surface area contributed by atoms with Crippen LogP contribution in [0.2, 0.25) is 0 Å². The molecule has 0 aliphatic heterocycles. The molecule has 0 aromatic heterocycles. The van der Waals surface area contributed by atoms with Gasteiger partial charge in [0.25, 0.3) is 6.43 Å². The third kappa shape index (κ3) is 3.71. The van der Waals surface area contributed by atoms with E-state index in [1.165, 1.54) is 6.07 Å². The topological polar surface area (TPSA) is 63.4 Å². The van der Waals surface area contributed by atoms with E-state index in [0.29, 0.717) is 19.9 Å². The van der Waals surface area contributed by atoms with Crippen LogP contribution in [0, 0.1) is 6.92 Å². The number of nitrogens with zero attached hydrogens (tertiary/aromatic N) is 1. The van der Waals surface area contributed by atoms with Gasteiger partial charge in [-0.2, -0.15) is 4.31 Å². The number of benzene rings is 1. The van der Waals surface area contributed by atoms with Crippen molar-refractivity contribution in [2.24, 2.45) is 5.73 Å². The standard InChI is InChI=1S/C11H15BrF2N2O2S/c1-7-9(12)3-8(5-15)4-10(7)19(17,18)16(2)6-11(13)14/h3-4,11H,5-6,15H2,1-2H3. The van der Waals surface area contributed by atoms with Crippen LogP contribution in [-0.4, -0.2) is 32.7 Å². The fraction of sp³-hybridized carbons (Fsp3) is 0.455. The summed E-state index contributed by atoms with van der Waals surface area (Å²) in [5, 5.41) is 0. The Labute approximate surface area is 119 Å². The lowest BCUT2D eigenvalue weighted by molar-refractivity contribution is 0.126. The summed E-state index contributed by atoms with van der Waals surface area (Å²) in [5.41, 5.74) is 6.57. The minimum Gasteiger partial charge on any atom is -0.326 e. The smallest absolute Gasteiger partial charge is 0.252 e. The predicted molar refractivity (Wildman–Crippen MR) is 72.6 cm³/mol. The second kappa shape index (κ2) is 6.25. The van der Waals surface area contributed by atoms with Gasteiger partial charge in [0.2, 0.25) is 10.0 Å². The van der Waals surface area contributed by atoms with E-state index in [1.54, 1.807) is 13.0 Å². The van der Waals surface area contributed by atoms with Crippen molar-refractivity contribution in [1.29, 1.82) is 0 Å². The summed E-state index contributed by atoms with van der Waals surface area (Å²) in [6, 6.07) is 3.12. The highest BCUT2D eigenvalue weighted by atomic mass is 79.9. The Morgan fingerprint density at radius 3 is 2.47 bits per heavy atom. The van der Waals surface area contributed by atoms with Crippen LogP contribution in [0.3, 0.4) is 0 Å². The monoisotopic (exact) mass is 356 g/mol. The van der Waals surface area contributed by atoms with E-state index in [0.717, 1.165) is 7.05 Å². The maximum absolute atomic E-state index is 12.3. The third-order valence-electron chi connectivity index (χ3n) is 2.68. The summed E-state index contributed by atoms with van der Waals surface area (Å²) >= 11 is 3.24. The van der Waals surface area contributed by atoms with Gasteiger partial charge in [0.15, 0.2) is 0 Å². The van der Waals surface area contributed by atoms with Crippen LogP contribution in [0.5, 0.6) is 0 Å². The van der Waals surface area contributed by atoms with Gasteiger partial charge in [-0.15, -0.1) is 0 Å². The van der Waals surface area contributed by atoms with Gasteiger partial charge in [0.1, 0.15) is 0 Å². The van der Waals surface area contributed by atoms with Gasteiger partial charge in [0, 0.05) is 18.1 Å². The molecule has 0 aliphatic carbocycles. The van der Waals surface area contributed by atoms with Crippen LogP contribution in [0.1, 0.15) is 11.1 Å². The van der Waals surface area contributed by atoms with Crippen molar-refractivity contribution in [3.63, 3.8) is 0 Å². The van der Waals surface area contributed by atoms with Gasteiger partial charge in [-0.3, -0.25) is 0 Å². The van der Waals surface area contributed by atoms with Gasteiger partial charge in [-0.1, -0.05) is 15.9 Å². The van der Waals surface area contributed by atoms with Gasteiger partial charge in [-0.25, -0.2) is 17.2 Å². The summed E-state index contributed by atoms with van der Waals surface area (Å²) in [6.45, 7) is 0.930. The largest absolute Gasteiger partial charge is 0.326 e. The number of halogens is 3.